The van der Waals surface area contributed by atoms with Crippen LogP contribution in [0, 0.1) is 0 Å². The highest BCUT2D eigenvalue weighted by Crippen LogP contribution is 2.21. The lowest BCUT2D eigenvalue weighted by Crippen LogP contribution is -2.10. The second-order valence-corrected chi connectivity index (χ2v) is 6.03. The van der Waals surface area contributed by atoms with Crippen LogP contribution >= 0.6 is 23.2 Å². The molecular weight excluding hydrogens is 363 g/mol. The van der Waals surface area contributed by atoms with E-state index in [1.54, 1.807) is 48.5 Å². The lowest BCUT2D eigenvalue weighted by atomic mass is 10.1. The van der Waals surface area contributed by atoms with E-state index in [1.165, 1.54) is 7.11 Å². The number of aromatic amines is 1. The van der Waals surface area contributed by atoms with Crippen LogP contribution in [0.5, 0.6) is 0 Å². The Bertz CT molecular complexity index is 1040. The molecule has 3 rings (SSSR count). The molecule has 1 aromatic heterocycles. The molecule has 7 heteroatoms. The number of hydrogen-bond donors (Lipinski definition) is 1. The zero-order chi connectivity index (χ0) is 18.0. The summed E-state index contributed by atoms with van der Waals surface area (Å²) in [5, 5.41) is 1.11. The Hall–Kier alpha value is -2.63. The molecule has 0 aliphatic heterocycles. The van der Waals surface area contributed by atoms with Crippen LogP contribution < -0.4 is 5.56 Å². The van der Waals surface area contributed by atoms with Crippen LogP contribution in [0.3, 0.4) is 0 Å². The van der Waals surface area contributed by atoms with Crippen LogP contribution in [0.15, 0.2) is 47.3 Å². The van der Waals surface area contributed by atoms with Crippen molar-refractivity contribution < 1.29 is 9.53 Å². The van der Waals surface area contributed by atoms with Gasteiger partial charge in [-0.05, 0) is 42.0 Å². The number of carbonyl (C=O) groups is 1. The fourth-order valence-electron chi connectivity index (χ4n) is 2.27. The van der Waals surface area contributed by atoms with Gasteiger partial charge in [-0.2, -0.15) is 0 Å². The van der Waals surface area contributed by atoms with Gasteiger partial charge in [0.25, 0.3) is 5.56 Å². The number of methoxy groups -OCH3 is 1. The van der Waals surface area contributed by atoms with Crippen molar-refractivity contribution in [2.24, 2.45) is 0 Å². The van der Waals surface area contributed by atoms with E-state index in [0.717, 1.165) is 5.56 Å². The normalized spacial score (nSPS) is 11.6. The van der Waals surface area contributed by atoms with Gasteiger partial charge in [0, 0.05) is 5.02 Å². The third-order valence-electron chi connectivity index (χ3n) is 3.52. The number of fused-ring (bicyclic) bond motifs is 1. The first-order chi connectivity index (χ1) is 12.0. The van der Waals surface area contributed by atoms with Crippen molar-refractivity contribution in [3.05, 3.63) is 74.8 Å². The van der Waals surface area contributed by atoms with Crippen molar-refractivity contribution in [3.63, 3.8) is 0 Å². The predicted molar refractivity (Wildman–Crippen MR) is 98.9 cm³/mol. The van der Waals surface area contributed by atoms with Gasteiger partial charge < -0.3 is 9.72 Å². The summed E-state index contributed by atoms with van der Waals surface area (Å²) >= 11 is 12.2. The van der Waals surface area contributed by atoms with Crippen LogP contribution in [-0.2, 0) is 4.74 Å². The topological polar surface area (TPSA) is 72.0 Å². The first kappa shape index (κ1) is 17.2. The third-order valence-corrected chi connectivity index (χ3v) is 4.04. The summed E-state index contributed by atoms with van der Waals surface area (Å²) in [6, 6.07) is 11.5. The SMILES string of the molecule is COC(=O)c1ccc(/C=C(\Cl)c2nc3ccc(Cl)cc3c(=O)[nH]2)cc1. The van der Waals surface area contributed by atoms with Crippen LogP contribution in [0.1, 0.15) is 21.7 Å². The van der Waals surface area contributed by atoms with E-state index in [0.29, 0.717) is 21.5 Å². The molecule has 0 spiro atoms. The maximum absolute atomic E-state index is 12.2. The summed E-state index contributed by atoms with van der Waals surface area (Å²) in [5.41, 5.74) is 1.35. The van der Waals surface area contributed by atoms with Crippen LogP contribution in [0.2, 0.25) is 5.02 Å². The molecule has 0 atom stereocenters. The molecule has 0 radical (unpaired) electrons. The van der Waals surface area contributed by atoms with E-state index in [1.807, 2.05) is 0 Å². The van der Waals surface area contributed by atoms with E-state index in [2.05, 4.69) is 14.7 Å². The molecule has 0 aliphatic rings. The number of H-pyrrole nitrogens is 1. The monoisotopic (exact) mass is 374 g/mol. The second-order valence-electron chi connectivity index (χ2n) is 5.18. The molecule has 126 valence electrons. The molecule has 0 fully saturated rings. The highest BCUT2D eigenvalue weighted by Gasteiger charge is 2.08. The van der Waals surface area contributed by atoms with Gasteiger partial charge >= 0.3 is 5.97 Å². The summed E-state index contributed by atoms with van der Waals surface area (Å²) in [5.74, 6) is -0.167. The molecule has 0 aliphatic carbocycles. The van der Waals surface area contributed by atoms with Crippen LogP contribution in [0.25, 0.3) is 22.0 Å². The third kappa shape index (κ3) is 3.73. The molecule has 0 unspecified atom stereocenters. The van der Waals surface area contributed by atoms with Crippen LogP contribution in [0.4, 0.5) is 0 Å². The first-order valence-corrected chi connectivity index (χ1v) is 7.99. The van der Waals surface area contributed by atoms with Crippen molar-refractivity contribution in [3.8, 4) is 0 Å². The predicted octanol–water partition coefficient (Wildman–Crippen LogP) is 4.10. The van der Waals surface area contributed by atoms with E-state index >= 15 is 0 Å². The van der Waals surface area contributed by atoms with Gasteiger partial charge in [-0.25, -0.2) is 9.78 Å². The molecule has 0 saturated heterocycles. The molecule has 3 aromatic rings. The largest absolute Gasteiger partial charge is 0.465 e. The van der Waals surface area contributed by atoms with Gasteiger partial charge in [0.05, 0.1) is 28.6 Å². The first-order valence-electron chi connectivity index (χ1n) is 7.23. The summed E-state index contributed by atoms with van der Waals surface area (Å²) in [6.45, 7) is 0. The number of rotatable bonds is 3. The minimum absolute atomic E-state index is 0.249. The number of hydrogen-bond acceptors (Lipinski definition) is 4. The number of nitrogens with one attached hydrogen (secondary N) is 1. The maximum Gasteiger partial charge on any atom is 0.337 e. The fraction of sp³-hybridized carbons (Fsp3) is 0.0556. The van der Waals surface area contributed by atoms with E-state index in [-0.39, 0.29) is 16.4 Å². The Morgan fingerprint density at radius 2 is 1.92 bits per heavy atom. The van der Waals surface area contributed by atoms with Crippen molar-refractivity contribution in [2.75, 3.05) is 7.11 Å². The average Bonchev–Trinajstić information content (AvgIpc) is 2.62. The Morgan fingerprint density at radius 3 is 2.60 bits per heavy atom. The van der Waals surface area contributed by atoms with E-state index < -0.39 is 5.97 Å². The van der Waals surface area contributed by atoms with Crippen molar-refractivity contribution >= 4 is 51.2 Å². The zero-order valence-corrected chi connectivity index (χ0v) is 14.6. The number of benzene rings is 2. The summed E-state index contributed by atoms with van der Waals surface area (Å²) < 4.78 is 4.65. The second kappa shape index (κ2) is 7.09. The molecule has 0 saturated carbocycles. The summed E-state index contributed by atoms with van der Waals surface area (Å²) in [4.78, 5) is 30.6. The Balaban J connectivity index is 1.97. The lowest BCUT2D eigenvalue weighted by molar-refractivity contribution is 0.0600. The standard InChI is InChI=1S/C18H12Cl2N2O3/c1-25-18(24)11-4-2-10(3-5-11)8-14(20)16-21-15-7-6-12(19)9-13(15)17(23)22-16/h2-9H,1H3,(H,21,22,23)/b14-8-. The molecule has 1 heterocycles. The fourth-order valence-corrected chi connectivity index (χ4v) is 2.66. The number of esters is 1. The van der Waals surface area contributed by atoms with Gasteiger partial charge in [-0.15, -0.1) is 0 Å². The van der Waals surface area contributed by atoms with Crippen molar-refractivity contribution in [1.82, 2.24) is 9.97 Å². The zero-order valence-electron chi connectivity index (χ0n) is 13.0. The van der Waals surface area contributed by atoms with Gasteiger partial charge in [0.2, 0.25) is 0 Å². The van der Waals surface area contributed by atoms with Crippen molar-refractivity contribution in [2.45, 2.75) is 0 Å². The minimum atomic E-state index is -0.416. The van der Waals surface area contributed by atoms with Gasteiger partial charge in [-0.3, -0.25) is 4.79 Å². The number of aromatic nitrogens is 2. The van der Waals surface area contributed by atoms with Crippen LogP contribution in [-0.4, -0.2) is 23.0 Å². The Morgan fingerprint density at radius 1 is 1.20 bits per heavy atom. The molecular formula is C18H12Cl2N2O3. The van der Waals surface area contributed by atoms with Gasteiger partial charge in [0.1, 0.15) is 0 Å². The summed E-state index contributed by atoms with van der Waals surface area (Å²) in [6.07, 6.45) is 1.64. The maximum atomic E-state index is 12.2. The molecule has 5 nitrogen and oxygen atoms in total. The summed E-state index contributed by atoms with van der Waals surface area (Å²) in [7, 11) is 1.32. The molecule has 25 heavy (non-hydrogen) atoms. The molecule has 0 amide bonds. The smallest absolute Gasteiger partial charge is 0.337 e. The van der Waals surface area contributed by atoms with Crippen molar-refractivity contribution in [1.29, 1.82) is 0 Å². The molecule has 2 aromatic carbocycles. The Labute approximate surface area is 152 Å². The Kier molecular flexibility index (Phi) is 4.88. The molecule has 0 bridgehead atoms. The van der Waals surface area contributed by atoms with Gasteiger partial charge in [-0.1, -0.05) is 35.3 Å². The number of carbonyl (C=O) groups excluding carboxylic acids is 1. The highest BCUT2D eigenvalue weighted by molar-refractivity contribution is 6.50. The van der Waals surface area contributed by atoms with Gasteiger partial charge in [0.15, 0.2) is 5.82 Å². The number of halogens is 2. The quantitative estimate of drug-likeness (QED) is 0.700. The number of nitrogens with zero attached hydrogens (tertiary/aromatic N) is 1. The van der Waals surface area contributed by atoms with E-state index in [9.17, 15) is 9.59 Å². The average molecular weight is 375 g/mol. The molecule has 1 N–H and O–H groups in total. The number of ether oxygens (including phenoxy) is 1. The minimum Gasteiger partial charge on any atom is -0.465 e. The highest BCUT2D eigenvalue weighted by atomic mass is 35.5. The lowest BCUT2D eigenvalue weighted by Gasteiger charge is -2.03. The van der Waals surface area contributed by atoms with E-state index in [4.69, 9.17) is 23.2 Å².